The molecule has 0 aromatic heterocycles. The molecular formula is C16H32N2O2S. The number of sulfonamides is 1. The minimum Gasteiger partial charge on any atom is -0.314 e. The Hall–Kier alpha value is -0.130. The molecule has 4 nitrogen and oxygen atoms in total. The average molecular weight is 317 g/mol. The molecule has 0 saturated heterocycles. The maximum atomic E-state index is 12.0. The van der Waals surface area contributed by atoms with Crippen LogP contribution >= 0.6 is 0 Å². The van der Waals surface area contributed by atoms with E-state index in [1.165, 1.54) is 44.9 Å². The number of hydrogen-bond acceptors (Lipinski definition) is 3. The molecule has 0 unspecified atom stereocenters. The van der Waals surface area contributed by atoms with E-state index in [0.29, 0.717) is 12.5 Å². The first-order chi connectivity index (χ1) is 10.1. The van der Waals surface area contributed by atoms with Crippen LogP contribution in [0.4, 0.5) is 0 Å². The lowest BCUT2D eigenvalue weighted by Gasteiger charge is -2.27. The van der Waals surface area contributed by atoms with Crippen molar-refractivity contribution in [3.63, 3.8) is 0 Å². The summed E-state index contributed by atoms with van der Waals surface area (Å²) in [5.74, 6) is 1.71. The Morgan fingerprint density at radius 2 is 1.62 bits per heavy atom. The second kappa shape index (κ2) is 8.49. The summed E-state index contributed by atoms with van der Waals surface area (Å²) in [5.41, 5.74) is 0. The molecule has 0 aromatic carbocycles. The fourth-order valence-electron chi connectivity index (χ4n) is 3.17. The van der Waals surface area contributed by atoms with Gasteiger partial charge in [-0.25, -0.2) is 13.1 Å². The van der Waals surface area contributed by atoms with Crippen molar-refractivity contribution in [3.8, 4) is 0 Å². The van der Waals surface area contributed by atoms with Gasteiger partial charge >= 0.3 is 0 Å². The Labute approximate surface area is 130 Å². The third-order valence-corrected chi connectivity index (χ3v) is 6.42. The van der Waals surface area contributed by atoms with Gasteiger partial charge in [-0.05, 0) is 56.9 Å². The lowest BCUT2D eigenvalue weighted by Crippen LogP contribution is -2.33. The molecule has 0 aromatic rings. The molecular weight excluding hydrogens is 284 g/mol. The van der Waals surface area contributed by atoms with E-state index in [4.69, 9.17) is 0 Å². The van der Waals surface area contributed by atoms with Gasteiger partial charge in [0.25, 0.3) is 0 Å². The van der Waals surface area contributed by atoms with Gasteiger partial charge in [0.1, 0.15) is 0 Å². The SMILES string of the molecule is CCC1CCC(CNS(=O)(=O)CCCCNC2CC2)CC1. The molecule has 21 heavy (non-hydrogen) atoms. The summed E-state index contributed by atoms with van der Waals surface area (Å²) in [7, 11) is -3.06. The van der Waals surface area contributed by atoms with Crippen molar-refractivity contribution in [3.05, 3.63) is 0 Å². The maximum absolute atomic E-state index is 12.0. The van der Waals surface area contributed by atoms with Crippen molar-refractivity contribution < 1.29 is 8.42 Å². The summed E-state index contributed by atoms with van der Waals surface area (Å²) in [6.07, 6.45) is 10.5. The molecule has 2 rings (SSSR count). The summed E-state index contributed by atoms with van der Waals surface area (Å²) >= 11 is 0. The van der Waals surface area contributed by atoms with E-state index >= 15 is 0 Å². The van der Waals surface area contributed by atoms with Crippen molar-refractivity contribution in [2.75, 3.05) is 18.8 Å². The zero-order valence-electron chi connectivity index (χ0n) is 13.4. The van der Waals surface area contributed by atoms with Gasteiger partial charge in [0, 0.05) is 12.6 Å². The van der Waals surface area contributed by atoms with Crippen LogP contribution in [0.25, 0.3) is 0 Å². The number of hydrogen-bond donors (Lipinski definition) is 2. The monoisotopic (exact) mass is 316 g/mol. The van der Waals surface area contributed by atoms with Gasteiger partial charge in [0.2, 0.25) is 10.0 Å². The normalized spacial score (nSPS) is 26.9. The fourth-order valence-corrected chi connectivity index (χ4v) is 4.39. The molecule has 0 spiro atoms. The van der Waals surface area contributed by atoms with E-state index in [-0.39, 0.29) is 5.75 Å². The fraction of sp³-hybridized carbons (Fsp3) is 1.00. The van der Waals surface area contributed by atoms with Crippen LogP contribution in [0.15, 0.2) is 0 Å². The number of rotatable bonds is 10. The predicted octanol–water partition coefficient (Wildman–Crippen LogP) is 2.65. The molecule has 0 atom stereocenters. The van der Waals surface area contributed by atoms with E-state index < -0.39 is 10.0 Å². The van der Waals surface area contributed by atoms with Gasteiger partial charge in [0.15, 0.2) is 0 Å². The minimum atomic E-state index is -3.06. The Morgan fingerprint density at radius 3 is 2.24 bits per heavy atom. The molecule has 0 radical (unpaired) electrons. The lowest BCUT2D eigenvalue weighted by atomic mass is 9.81. The Kier molecular flexibility index (Phi) is 6.96. The molecule has 2 saturated carbocycles. The Morgan fingerprint density at radius 1 is 0.952 bits per heavy atom. The molecule has 2 N–H and O–H groups in total. The van der Waals surface area contributed by atoms with Gasteiger partial charge in [-0.1, -0.05) is 26.2 Å². The first-order valence-corrected chi connectivity index (χ1v) is 10.4. The molecule has 5 heteroatoms. The predicted molar refractivity (Wildman–Crippen MR) is 87.8 cm³/mol. The molecule has 2 aliphatic carbocycles. The highest BCUT2D eigenvalue weighted by molar-refractivity contribution is 7.89. The molecule has 0 aliphatic heterocycles. The van der Waals surface area contributed by atoms with Crippen LogP contribution in [0.2, 0.25) is 0 Å². The average Bonchev–Trinajstić information content (AvgIpc) is 3.29. The zero-order valence-corrected chi connectivity index (χ0v) is 14.3. The topological polar surface area (TPSA) is 58.2 Å². The summed E-state index contributed by atoms with van der Waals surface area (Å²) in [6.45, 7) is 3.87. The minimum absolute atomic E-state index is 0.281. The zero-order chi connectivity index (χ0) is 15.1. The highest BCUT2D eigenvalue weighted by atomic mass is 32.2. The largest absolute Gasteiger partial charge is 0.314 e. The second-order valence-corrected chi connectivity index (χ2v) is 8.82. The van der Waals surface area contributed by atoms with E-state index in [1.54, 1.807) is 0 Å². The van der Waals surface area contributed by atoms with Crippen molar-refractivity contribution in [1.82, 2.24) is 10.0 Å². The van der Waals surface area contributed by atoms with Gasteiger partial charge in [0.05, 0.1) is 5.75 Å². The van der Waals surface area contributed by atoms with Crippen molar-refractivity contribution in [2.45, 2.75) is 70.8 Å². The molecule has 2 fully saturated rings. The molecule has 0 heterocycles. The highest BCUT2D eigenvalue weighted by Crippen LogP contribution is 2.30. The standard InChI is InChI=1S/C16H32N2O2S/c1-2-14-5-7-15(8-6-14)13-18-21(19,20)12-4-3-11-17-16-9-10-16/h14-18H,2-13H2,1H3. The van der Waals surface area contributed by atoms with Gasteiger partial charge in [-0.2, -0.15) is 0 Å². The van der Waals surface area contributed by atoms with Crippen LogP contribution in [0, 0.1) is 11.8 Å². The Bertz CT molecular complexity index is 385. The number of nitrogens with one attached hydrogen (secondary N) is 2. The van der Waals surface area contributed by atoms with E-state index in [1.807, 2.05) is 0 Å². The van der Waals surface area contributed by atoms with E-state index in [9.17, 15) is 8.42 Å². The summed E-state index contributed by atoms with van der Waals surface area (Å²) < 4.78 is 26.8. The molecule has 124 valence electrons. The smallest absolute Gasteiger partial charge is 0.211 e. The summed E-state index contributed by atoms with van der Waals surface area (Å²) in [4.78, 5) is 0. The third-order valence-electron chi connectivity index (χ3n) is 4.99. The van der Waals surface area contributed by atoms with Crippen LogP contribution in [0.1, 0.15) is 64.7 Å². The van der Waals surface area contributed by atoms with Gasteiger partial charge < -0.3 is 5.32 Å². The third kappa shape index (κ3) is 7.11. The van der Waals surface area contributed by atoms with E-state index in [0.717, 1.165) is 31.3 Å². The first-order valence-electron chi connectivity index (χ1n) is 8.80. The second-order valence-electron chi connectivity index (χ2n) is 6.90. The van der Waals surface area contributed by atoms with Crippen molar-refractivity contribution >= 4 is 10.0 Å². The van der Waals surface area contributed by atoms with Gasteiger partial charge in [-0.3, -0.25) is 0 Å². The lowest BCUT2D eigenvalue weighted by molar-refractivity contribution is 0.270. The van der Waals surface area contributed by atoms with Crippen molar-refractivity contribution in [1.29, 1.82) is 0 Å². The van der Waals surface area contributed by atoms with E-state index in [2.05, 4.69) is 17.0 Å². The molecule has 0 bridgehead atoms. The summed E-state index contributed by atoms with van der Waals surface area (Å²) in [6, 6.07) is 0.720. The Balaban J connectivity index is 1.53. The van der Waals surface area contributed by atoms with Crippen LogP contribution in [-0.2, 0) is 10.0 Å². The molecule has 0 amide bonds. The molecule has 2 aliphatic rings. The van der Waals surface area contributed by atoms with Crippen LogP contribution < -0.4 is 10.0 Å². The number of unbranched alkanes of at least 4 members (excludes halogenated alkanes) is 1. The summed E-state index contributed by atoms with van der Waals surface area (Å²) in [5, 5.41) is 3.42. The quantitative estimate of drug-likeness (QED) is 0.609. The van der Waals surface area contributed by atoms with Crippen molar-refractivity contribution in [2.24, 2.45) is 11.8 Å². The first kappa shape index (κ1) is 17.2. The van der Waals surface area contributed by atoms with Crippen LogP contribution in [-0.4, -0.2) is 33.3 Å². The van der Waals surface area contributed by atoms with Crippen LogP contribution in [0.3, 0.4) is 0 Å². The van der Waals surface area contributed by atoms with Gasteiger partial charge in [-0.15, -0.1) is 0 Å². The maximum Gasteiger partial charge on any atom is 0.211 e. The van der Waals surface area contributed by atoms with Crippen LogP contribution in [0.5, 0.6) is 0 Å². The highest BCUT2D eigenvalue weighted by Gasteiger charge is 2.22.